The molecule has 0 amide bonds. The van der Waals surface area contributed by atoms with Gasteiger partial charge in [0.2, 0.25) is 0 Å². The number of allylic oxidation sites excluding steroid dienone is 2. The van der Waals surface area contributed by atoms with E-state index in [4.69, 9.17) is 0 Å². The summed E-state index contributed by atoms with van der Waals surface area (Å²) in [6.45, 7) is 1.86. The zero-order valence-corrected chi connectivity index (χ0v) is 16.5. The van der Waals surface area contributed by atoms with Gasteiger partial charge in [0.1, 0.15) is 11.5 Å². The molecule has 0 aromatic heterocycles. The predicted octanol–water partition coefficient (Wildman–Crippen LogP) is 6.26. The van der Waals surface area contributed by atoms with Crippen molar-refractivity contribution in [2.75, 3.05) is 0 Å². The molecule has 0 saturated heterocycles. The highest BCUT2D eigenvalue weighted by Gasteiger charge is 1.99. The van der Waals surface area contributed by atoms with Crippen LogP contribution in [0.15, 0.2) is 30.4 Å². The number of phenolic OH excluding ortho intramolecular Hbond substituents is 2. The van der Waals surface area contributed by atoms with Gasteiger partial charge in [0, 0.05) is 6.07 Å². The molecule has 3 nitrogen and oxygen atoms in total. The molecule has 0 spiro atoms. The van der Waals surface area contributed by atoms with Gasteiger partial charge in [-0.3, -0.25) is 0 Å². The highest BCUT2D eigenvalue weighted by atomic mass is 16.3. The lowest BCUT2D eigenvalue weighted by atomic mass is 10.0. The third kappa shape index (κ3) is 12.8. The molecule has 1 rings (SSSR count). The maximum atomic E-state index is 9.45. The van der Waals surface area contributed by atoms with Gasteiger partial charge >= 0.3 is 0 Å². The highest BCUT2D eigenvalue weighted by Crippen LogP contribution is 2.22. The van der Waals surface area contributed by atoms with Crippen LogP contribution in [-0.4, -0.2) is 21.4 Å². The summed E-state index contributed by atoms with van der Waals surface area (Å²) in [5.41, 5.74) is 1.01. The minimum atomic E-state index is -0.143. The number of hydrogen-bond acceptors (Lipinski definition) is 3. The Hall–Kier alpha value is -1.48. The van der Waals surface area contributed by atoms with Crippen LogP contribution < -0.4 is 0 Å². The Balaban J connectivity index is 1.87. The van der Waals surface area contributed by atoms with Crippen molar-refractivity contribution in [3.63, 3.8) is 0 Å². The summed E-state index contributed by atoms with van der Waals surface area (Å²) in [7, 11) is 0. The first-order valence-electron chi connectivity index (χ1n) is 10.4. The second-order valence-electron chi connectivity index (χ2n) is 7.48. The Morgan fingerprint density at radius 3 is 1.81 bits per heavy atom. The number of aromatic hydroxyl groups is 2. The van der Waals surface area contributed by atoms with Crippen LogP contribution in [0.4, 0.5) is 0 Å². The third-order valence-electron chi connectivity index (χ3n) is 4.71. The monoisotopic (exact) mass is 362 g/mol. The molecular weight excluding hydrogens is 324 g/mol. The fourth-order valence-electron chi connectivity index (χ4n) is 3.21. The molecule has 0 aliphatic heterocycles. The lowest BCUT2D eigenvalue weighted by molar-refractivity contribution is 0.180. The van der Waals surface area contributed by atoms with E-state index in [-0.39, 0.29) is 17.6 Å². The number of rotatable bonds is 15. The van der Waals surface area contributed by atoms with E-state index in [9.17, 15) is 15.3 Å². The molecule has 0 bridgehead atoms. The van der Waals surface area contributed by atoms with E-state index in [1.54, 1.807) is 12.1 Å². The molecule has 0 heterocycles. The van der Waals surface area contributed by atoms with E-state index >= 15 is 0 Å². The number of aliphatic hydroxyl groups excluding tert-OH is 1. The summed E-state index contributed by atoms with van der Waals surface area (Å²) < 4.78 is 0. The van der Waals surface area contributed by atoms with Crippen LogP contribution in [0, 0.1) is 0 Å². The quantitative estimate of drug-likeness (QED) is 0.255. The lowest BCUT2D eigenvalue weighted by Crippen LogP contribution is -1.98. The van der Waals surface area contributed by atoms with Crippen LogP contribution in [0.25, 0.3) is 0 Å². The molecule has 3 N–H and O–H groups in total. The Morgan fingerprint density at radius 2 is 1.23 bits per heavy atom. The average molecular weight is 363 g/mol. The second-order valence-corrected chi connectivity index (χ2v) is 7.48. The number of aliphatic hydroxyl groups is 1. The minimum Gasteiger partial charge on any atom is -0.508 e. The zero-order valence-electron chi connectivity index (χ0n) is 16.5. The Kier molecular flexibility index (Phi) is 12.7. The summed E-state index contributed by atoms with van der Waals surface area (Å²) in [5.74, 6) is 0.290. The summed E-state index contributed by atoms with van der Waals surface area (Å²) in [6, 6.07) is 4.84. The second kappa shape index (κ2) is 14.7. The van der Waals surface area contributed by atoms with Gasteiger partial charge in [-0.25, -0.2) is 0 Å². The van der Waals surface area contributed by atoms with Gasteiger partial charge < -0.3 is 15.3 Å². The van der Waals surface area contributed by atoms with Crippen LogP contribution in [0.2, 0.25) is 0 Å². The van der Waals surface area contributed by atoms with E-state index in [0.29, 0.717) is 0 Å². The lowest BCUT2D eigenvalue weighted by Gasteiger charge is -2.04. The standard InChI is InChI=1S/C23H38O3/c1-20(24)15-13-11-9-7-5-3-2-4-6-8-10-12-14-16-21-17-22(25)19-23(26)18-21/h2-3,17-20,24-26H,4-16H2,1H3/b3-2-/t20-/m0/s1. The summed E-state index contributed by atoms with van der Waals surface area (Å²) >= 11 is 0. The fraction of sp³-hybridized carbons (Fsp3) is 0.652. The van der Waals surface area contributed by atoms with Crippen molar-refractivity contribution in [3.8, 4) is 11.5 Å². The fourth-order valence-corrected chi connectivity index (χ4v) is 3.21. The number of aryl methyl sites for hydroxylation is 1. The van der Waals surface area contributed by atoms with Gasteiger partial charge in [0.25, 0.3) is 0 Å². The molecule has 0 aliphatic rings. The SMILES string of the molecule is C[C@H](O)CCCCCC/C=C\CCCCCCCc1cc(O)cc(O)c1. The van der Waals surface area contributed by atoms with Gasteiger partial charge in [-0.1, -0.05) is 50.7 Å². The molecule has 1 aromatic carbocycles. The molecule has 148 valence electrons. The molecule has 0 aliphatic carbocycles. The molecule has 0 radical (unpaired) electrons. The number of hydrogen-bond donors (Lipinski definition) is 3. The molecule has 1 atom stereocenters. The Bertz CT molecular complexity index is 474. The van der Waals surface area contributed by atoms with Crippen LogP contribution in [-0.2, 0) is 6.42 Å². The Labute approximate surface area is 159 Å². The number of phenols is 2. The smallest absolute Gasteiger partial charge is 0.119 e. The Morgan fingerprint density at radius 1 is 0.731 bits per heavy atom. The van der Waals surface area contributed by atoms with Crippen LogP contribution in [0.5, 0.6) is 11.5 Å². The molecule has 26 heavy (non-hydrogen) atoms. The topological polar surface area (TPSA) is 60.7 Å². The number of unbranched alkanes of at least 4 members (excludes halogenated alkanes) is 9. The van der Waals surface area contributed by atoms with Crippen LogP contribution in [0.3, 0.4) is 0 Å². The maximum Gasteiger partial charge on any atom is 0.119 e. The zero-order chi connectivity index (χ0) is 19.0. The maximum absolute atomic E-state index is 9.45. The van der Waals surface area contributed by atoms with Crippen molar-refractivity contribution in [2.45, 2.75) is 96.5 Å². The first kappa shape index (κ1) is 22.6. The van der Waals surface area contributed by atoms with E-state index in [1.165, 1.54) is 63.9 Å². The van der Waals surface area contributed by atoms with Gasteiger partial charge in [0.05, 0.1) is 6.10 Å². The molecule has 0 unspecified atom stereocenters. The summed E-state index contributed by atoms with van der Waals surface area (Å²) in [5, 5.41) is 28.1. The van der Waals surface area contributed by atoms with E-state index in [0.717, 1.165) is 31.2 Å². The van der Waals surface area contributed by atoms with E-state index in [1.807, 2.05) is 6.92 Å². The average Bonchev–Trinajstić information content (AvgIpc) is 2.57. The van der Waals surface area contributed by atoms with Crippen molar-refractivity contribution in [2.24, 2.45) is 0 Å². The van der Waals surface area contributed by atoms with E-state index in [2.05, 4.69) is 12.2 Å². The van der Waals surface area contributed by atoms with Crippen molar-refractivity contribution in [3.05, 3.63) is 35.9 Å². The van der Waals surface area contributed by atoms with Crippen molar-refractivity contribution < 1.29 is 15.3 Å². The normalized spacial score (nSPS) is 12.7. The molecule has 1 aromatic rings. The first-order chi connectivity index (χ1) is 12.6. The van der Waals surface area contributed by atoms with Gasteiger partial charge in [0.15, 0.2) is 0 Å². The highest BCUT2D eigenvalue weighted by molar-refractivity contribution is 5.36. The van der Waals surface area contributed by atoms with Crippen molar-refractivity contribution in [1.29, 1.82) is 0 Å². The summed E-state index contributed by atoms with van der Waals surface area (Å²) in [6.07, 6.45) is 19.7. The largest absolute Gasteiger partial charge is 0.508 e. The minimum absolute atomic E-state index is 0.143. The molecule has 3 heteroatoms. The molecule has 0 saturated carbocycles. The first-order valence-corrected chi connectivity index (χ1v) is 10.4. The molecule has 0 fully saturated rings. The van der Waals surface area contributed by atoms with Crippen LogP contribution >= 0.6 is 0 Å². The molecular formula is C23H38O3. The van der Waals surface area contributed by atoms with Crippen LogP contribution in [0.1, 0.15) is 89.5 Å². The predicted molar refractivity (Wildman–Crippen MR) is 110 cm³/mol. The van der Waals surface area contributed by atoms with Gasteiger partial charge in [-0.15, -0.1) is 0 Å². The third-order valence-corrected chi connectivity index (χ3v) is 4.71. The van der Waals surface area contributed by atoms with E-state index < -0.39 is 0 Å². The van der Waals surface area contributed by atoms with Crippen molar-refractivity contribution in [1.82, 2.24) is 0 Å². The summed E-state index contributed by atoms with van der Waals surface area (Å²) in [4.78, 5) is 0. The van der Waals surface area contributed by atoms with Crippen molar-refractivity contribution >= 4 is 0 Å². The van der Waals surface area contributed by atoms with Gasteiger partial charge in [-0.05, 0) is 69.6 Å². The van der Waals surface area contributed by atoms with Gasteiger partial charge in [-0.2, -0.15) is 0 Å². The number of benzene rings is 1.